The van der Waals surface area contributed by atoms with Crippen molar-refractivity contribution in [3.8, 4) is 12.1 Å². The number of esters is 1. The zero-order valence-corrected chi connectivity index (χ0v) is 74.3. The Morgan fingerprint density at radius 1 is 0.550 bits per heavy atom. The number of hydrogen-bond acceptors (Lipinski definition) is 29. The van der Waals surface area contributed by atoms with Crippen LogP contribution < -0.4 is 48.8 Å². The second kappa shape index (κ2) is 33.3. The van der Waals surface area contributed by atoms with Crippen molar-refractivity contribution in [2.45, 2.75) is 193 Å². The highest BCUT2D eigenvalue weighted by molar-refractivity contribution is 7.99. The number of methoxy groups -OCH3 is 1. The van der Waals surface area contributed by atoms with Gasteiger partial charge >= 0.3 is 18.1 Å². The fraction of sp³-hybridized carbons (Fsp3) is 0.418. The number of benzene rings is 4. The molecular weight excluding hydrogens is 1710 g/mol. The summed E-state index contributed by atoms with van der Waals surface area (Å²) >= 11 is 3.78. The lowest BCUT2D eigenvalue weighted by molar-refractivity contribution is 0.0600. The molecule has 24 rings (SSSR count). The van der Waals surface area contributed by atoms with Crippen molar-refractivity contribution in [1.29, 1.82) is 0 Å². The minimum Gasteiger partial charge on any atom is -0.464 e. The third-order valence-corrected chi connectivity index (χ3v) is 30.6. The lowest BCUT2D eigenvalue weighted by atomic mass is 9.83. The molecule has 16 aromatic rings. The van der Waals surface area contributed by atoms with Gasteiger partial charge in [0.05, 0.1) is 63.5 Å². The monoisotopic (exact) mass is 1810 g/mol. The molecule has 13 heterocycles. The van der Waals surface area contributed by atoms with Gasteiger partial charge in [-0.1, -0.05) is 37.2 Å². The molecule has 1 saturated heterocycles. The Bertz CT molecular complexity index is 7000. The van der Waals surface area contributed by atoms with Crippen molar-refractivity contribution >= 4 is 151 Å². The third-order valence-electron chi connectivity index (χ3n) is 28.2. The van der Waals surface area contributed by atoms with Gasteiger partial charge in [-0.15, -0.1) is 15.3 Å². The second-order valence-electron chi connectivity index (χ2n) is 35.7. The molecule has 15 atom stereocenters. The van der Waals surface area contributed by atoms with Crippen LogP contribution >= 0.6 is 34.9 Å². The SMILES string of the molecule is CCc1cc(F)cc2c1[nH]c1nc(Nc3cnc(C(=O)OC)s3)nc(C3C[C@H]4C[C@@H]3C[C@H]4N)c12.CCc1cc(F)cc2c1[nH]c1nc(Oc3nnc(C)o3)nc(C3C[C@H]4C[C@@H]3C[C@H]4N)c12.CCc1cc(F)cc2c1[nH]c1nc(Sc3nnc(C)o3)nc(C3C[C@H]4C[C@@H]3C[C@H]4N)c12.CNc1cc(F)cc2c1[nH]c1nc(Sc3ccn(C)c(=O)c3)nc(N3C[C@H]4C[C@@H]3C[C@H]4N)c12. The molecule has 38 heteroatoms. The first-order valence-corrected chi connectivity index (χ1v) is 46.5. The van der Waals surface area contributed by atoms with E-state index in [4.69, 9.17) is 76.1 Å². The van der Waals surface area contributed by atoms with Crippen LogP contribution in [0.15, 0.2) is 107 Å². The molecule has 4 aromatic carbocycles. The van der Waals surface area contributed by atoms with Gasteiger partial charge in [0.1, 0.15) is 56.7 Å². The van der Waals surface area contributed by atoms with E-state index in [1.54, 1.807) is 82.8 Å². The fourth-order valence-electron chi connectivity index (χ4n) is 22.2. The van der Waals surface area contributed by atoms with Gasteiger partial charge in [0.2, 0.25) is 22.7 Å². The quantitative estimate of drug-likeness (QED) is 0.0230. The minimum absolute atomic E-state index is 0.00540. The lowest BCUT2D eigenvalue weighted by Crippen LogP contribution is -2.41. The number of rotatable bonds is 17. The molecule has 0 spiro atoms. The van der Waals surface area contributed by atoms with E-state index in [1.165, 1.54) is 58.7 Å². The first kappa shape index (κ1) is 84.1. The Balaban J connectivity index is 0.000000104. The van der Waals surface area contributed by atoms with Gasteiger partial charge in [-0.2, -0.15) is 15.0 Å². The molecule has 3 unspecified atom stereocenters. The van der Waals surface area contributed by atoms with Gasteiger partial charge in [0, 0.05) is 149 Å². The third kappa shape index (κ3) is 15.3. The number of thiazole rings is 1. The molecule has 8 bridgehead atoms. The number of anilines is 4. The van der Waals surface area contributed by atoms with E-state index < -0.39 is 5.97 Å². The van der Waals surface area contributed by atoms with Crippen molar-refractivity contribution in [3.63, 3.8) is 0 Å². The van der Waals surface area contributed by atoms with Gasteiger partial charge in [-0.05, 0) is 214 Å². The Morgan fingerprint density at radius 2 is 1.05 bits per heavy atom. The van der Waals surface area contributed by atoms with E-state index in [2.05, 4.69) is 65.8 Å². The van der Waals surface area contributed by atoms with E-state index in [1.807, 2.05) is 26.8 Å². The number of aryl methyl sites for hydroxylation is 6. The van der Waals surface area contributed by atoms with Crippen LogP contribution in [0.4, 0.5) is 40.0 Å². The van der Waals surface area contributed by atoms with Crippen molar-refractivity contribution in [3.05, 3.63) is 157 Å². The van der Waals surface area contributed by atoms with E-state index in [0.717, 1.165) is 199 Å². The number of aromatic amines is 4. The first-order valence-electron chi connectivity index (χ1n) is 44.0. The summed E-state index contributed by atoms with van der Waals surface area (Å²) in [4.78, 5) is 83.2. The number of halogens is 4. The Morgan fingerprint density at radius 3 is 1.54 bits per heavy atom. The van der Waals surface area contributed by atoms with Gasteiger partial charge in [-0.3, -0.25) is 4.79 Å². The largest absolute Gasteiger partial charge is 0.464 e. The summed E-state index contributed by atoms with van der Waals surface area (Å²) in [6.45, 7) is 10.3. The molecule has 1 aliphatic heterocycles. The summed E-state index contributed by atoms with van der Waals surface area (Å²) in [6, 6.07) is 17.4. The molecule has 129 heavy (non-hydrogen) atoms. The maximum absolute atomic E-state index is 14.5. The van der Waals surface area contributed by atoms with E-state index >= 15 is 0 Å². The topological polar surface area (TPSA) is 446 Å². The number of piperidine rings is 1. The minimum atomic E-state index is -0.488. The number of ether oxygens (including phenoxy) is 2. The summed E-state index contributed by atoms with van der Waals surface area (Å²) in [6.07, 6.45) is 16.7. The smallest absolute Gasteiger partial charge is 0.422 e. The fourth-order valence-corrected chi connectivity index (χ4v) is 24.4. The second-order valence-corrected chi connectivity index (χ2v) is 38.7. The van der Waals surface area contributed by atoms with Gasteiger partial charge in [-0.25, -0.2) is 52.3 Å². The van der Waals surface area contributed by atoms with Crippen LogP contribution in [0.1, 0.15) is 165 Å². The van der Waals surface area contributed by atoms with Crippen molar-refractivity contribution in [2.75, 3.05) is 36.2 Å². The molecule has 0 radical (unpaired) electrons. The highest BCUT2D eigenvalue weighted by Gasteiger charge is 2.50. The number of aromatic nitrogens is 18. The normalized spacial score (nSPS) is 24.0. The van der Waals surface area contributed by atoms with Crippen LogP contribution in [0.3, 0.4) is 0 Å². The predicted octanol–water partition coefficient (Wildman–Crippen LogP) is 16.3. The average Bonchev–Trinajstić information content (AvgIpc) is 1.59. The maximum atomic E-state index is 14.5. The van der Waals surface area contributed by atoms with Crippen molar-refractivity contribution in [2.24, 2.45) is 71.4 Å². The van der Waals surface area contributed by atoms with Crippen LogP contribution in [-0.4, -0.2) is 147 Å². The number of nitrogens with two attached hydrogens (primary N) is 4. The number of carbonyl (C=O) groups is 1. The molecule has 14 N–H and O–H groups in total. The van der Waals surface area contributed by atoms with E-state index in [-0.39, 0.29) is 81.9 Å². The highest BCUT2D eigenvalue weighted by Crippen LogP contribution is 2.58. The highest BCUT2D eigenvalue weighted by atomic mass is 32.2. The van der Waals surface area contributed by atoms with Crippen molar-refractivity contribution in [1.82, 2.24) is 89.8 Å². The summed E-state index contributed by atoms with van der Waals surface area (Å²) in [5.41, 5.74) is 37.6. The number of fused-ring (bicyclic) bond motifs is 20. The van der Waals surface area contributed by atoms with Crippen LogP contribution in [0.2, 0.25) is 0 Å². The van der Waals surface area contributed by atoms with Gasteiger partial charge in [0.25, 0.3) is 10.8 Å². The van der Waals surface area contributed by atoms with Crippen LogP contribution in [0, 0.1) is 78.5 Å². The number of H-pyrrole nitrogens is 4. The zero-order chi connectivity index (χ0) is 89.0. The Hall–Kier alpha value is -11.8. The van der Waals surface area contributed by atoms with Gasteiger partial charge in [0.15, 0.2) is 10.3 Å². The van der Waals surface area contributed by atoms with Crippen LogP contribution in [0.25, 0.3) is 87.7 Å². The van der Waals surface area contributed by atoms with E-state index in [9.17, 15) is 27.2 Å². The molecule has 666 valence electrons. The Labute approximate surface area is 746 Å². The lowest BCUT2D eigenvalue weighted by Gasteiger charge is -2.31. The van der Waals surface area contributed by atoms with Crippen LogP contribution in [0.5, 0.6) is 12.1 Å². The summed E-state index contributed by atoms with van der Waals surface area (Å²) < 4.78 is 80.8. The summed E-state index contributed by atoms with van der Waals surface area (Å²) in [7, 11) is 4.81. The molecule has 0 amide bonds. The van der Waals surface area contributed by atoms with Crippen molar-refractivity contribution < 1.29 is 40.7 Å². The van der Waals surface area contributed by atoms with Gasteiger partial charge < -0.3 is 81.3 Å². The summed E-state index contributed by atoms with van der Waals surface area (Å²) in [5, 5.41) is 31.1. The molecule has 7 aliphatic carbocycles. The molecular formula is C91H95F4N25O6S3. The summed E-state index contributed by atoms with van der Waals surface area (Å²) in [5.74, 6) is 4.71. The standard InChI is InChI=1S/C24H25FN6O2S.C23H24FN7OS.C22H23FN6O2.C22H23FN6OS/c1-3-10-5-13(25)8-15-18-20(14-6-12-4-11(14)7-16(12)26)30-24(31-21(18)29-19(10)15)28-17-9-27-22(34-17)23(32)33-2;1-26-17-7-12(24)6-15-19-21(27-20(15)17)28-23(33-14-3-4-30(2)18(32)9-14)29-22(19)31-10-11-5-13(31)8-16(11)25;2*1-3-10-5-13(23)8-15-17-19(14-6-12-4-11(14)7-16(12)24)26-21(27-20(17)25-18(10)15)31-22-29-28-9(2)30-22/h5,8-9,11-12,14,16H,3-4,6-7,26H2,1-2H3,(H2,28,29,30,31);3-4,6-7,9,11,13,16,26H,5,8,10,25H2,1-2H3,(H,27,28,29);2*5,8,11-12,14,16H,3-4,6-7,24H2,1-2H3,(H,25,26,27)/t11-,12-,14?,16-;11-,13-,16-;2*11-,12-,14?,16-/m1111/s1. The number of carbonyl (C=O) groups excluding carboxylic acids is 1. The molecule has 8 fully saturated rings. The first-order chi connectivity index (χ1) is 62.3. The number of nitrogens with zero attached hydrogens (tertiary/aromatic N) is 15. The predicted molar refractivity (Wildman–Crippen MR) is 484 cm³/mol. The molecule has 8 aliphatic rings. The van der Waals surface area contributed by atoms with E-state index in [0.29, 0.717) is 127 Å². The number of pyridine rings is 1. The molecule has 12 aromatic heterocycles. The Kier molecular flexibility index (Phi) is 21.7. The number of hydrogen-bond donors (Lipinski definition) is 10. The maximum Gasteiger partial charge on any atom is 0.422 e. The zero-order valence-electron chi connectivity index (χ0n) is 71.9. The molecule has 7 saturated carbocycles. The molecule has 31 nitrogen and oxygen atoms in total. The van der Waals surface area contributed by atoms with Crippen LogP contribution in [-0.2, 0) is 31.0 Å². The average molecular weight is 1810 g/mol. The number of nitrogens with one attached hydrogen (secondary N) is 6.